The van der Waals surface area contributed by atoms with Crippen LogP contribution >= 0.6 is 12.2 Å². The highest BCUT2D eigenvalue weighted by atomic mass is 32.1. The molecule has 2 rings (SSSR count). The number of thiocarbonyl (C=S) groups is 1. The molecule has 0 radical (unpaired) electrons. The number of anilines is 1. The van der Waals surface area contributed by atoms with E-state index in [1.54, 1.807) is 30.3 Å². The molecule has 0 bridgehead atoms. The molecule has 1 unspecified atom stereocenters. The normalized spacial score (nSPS) is 11.6. The Balaban J connectivity index is 1.91. The zero-order valence-electron chi connectivity index (χ0n) is 15.4. The summed E-state index contributed by atoms with van der Waals surface area (Å²) in [5.74, 6) is -0.476. The van der Waals surface area contributed by atoms with E-state index < -0.39 is 0 Å². The fourth-order valence-electron chi connectivity index (χ4n) is 2.20. The van der Waals surface area contributed by atoms with Crippen LogP contribution in [-0.4, -0.2) is 23.0 Å². The van der Waals surface area contributed by atoms with Gasteiger partial charge in [-0.05, 0) is 55.4 Å². The number of rotatable bonds is 6. The Morgan fingerprint density at radius 3 is 2.56 bits per heavy atom. The van der Waals surface area contributed by atoms with Crippen molar-refractivity contribution in [2.45, 2.75) is 26.3 Å². The van der Waals surface area contributed by atoms with Gasteiger partial charge in [-0.25, -0.2) is 0 Å². The third kappa shape index (κ3) is 7.03. The van der Waals surface area contributed by atoms with Crippen LogP contribution in [0.15, 0.2) is 60.7 Å². The summed E-state index contributed by atoms with van der Waals surface area (Å²) in [4.78, 5) is 24.2. The highest BCUT2D eigenvalue weighted by molar-refractivity contribution is 7.80. The second kappa shape index (κ2) is 10.2. The van der Waals surface area contributed by atoms with Crippen LogP contribution in [0.4, 0.5) is 5.69 Å². The fraction of sp³-hybridized carbons (Fsp3) is 0.190. The minimum atomic E-state index is -0.331. The van der Waals surface area contributed by atoms with E-state index in [2.05, 4.69) is 16.0 Å². The lowest BCUT2D eigenvalue weighted by Gasteiger charge is -2.13. The van der Waals surface area contributed by atoms with Crippen molar-refractivity contribution in [3.63, 3.8) is 0 Å². The van der Waals surface area contributed by atoms with E-state index in [1.807, 2.05) is 44.2 Å². The summed E-state index contributed by atoms with van der Waals surface area (Å²) in [7, 11) is 0. The van der Waals surface area contributed by atoms with Gasteiger partial charge >= 0.3 is 0 Å². The van der Waals surface area contributed by atoms with E-state index in [-0.39, 0.29) is 23.0 Å². The van der Waals surface area contributed by atoms with E-state index in [1.165, 1.54) is 6.08 Å². The molecule has 0 heterocycles. The van der Waals surface area contributed by atoms with Crippen molar-refractivity contribution >= 4 is 40.9 Å². The molecular weight excluding hydrogens is 358 g/mol. The maximum atomic E-state index is 12.2. The predicted molar refractivity (Wildman–Crippen MR) is 114 cm³/mol. The molecular formula is C21H23N3O2S. The third-order valence-electron chi connectivity index (χ3n) is 3.84. The van der Waals surface area contributed by atoms with Crippen molar-refractivity contribution in [3.8, 4) is 0 Å². The second-order valence-corrected chi connectivity index (χ2v) is 6.46. The van der Waals surface area contributed by atoms with Gasteiger partial charge in [-0.15, -0.1) is 0 Å². The van der Waals surface area contributed by atoms with Crippen molar-refractivity contribution < 1.29 is 9.59 Å². The van der Waals surface area contributed by atoms with Gasteiger partial charge in [0.2, 0.25) is 5.91 Å². The molecule has 0 aromatic heterocycles. The Morgan fingerprint density at radius 1 is 1.11 bits per heavy atom. The Kier molecular flexibility index (Phi) is 7.70. The first-order chi connectivity index (χ1) is 13.0. The number of nitrogens with one attached hydrogen (secondary N) is 3. The average molecular weight is 382 g/mol. The van der Waals surface area contributed by atoms with Crippen molar-refractivity contribution in [1.29, 1.82) is 0 Å². The number of benzene rings is 2. The number of carbonyl (C=O) groups excluding carboxylic acids is 2. The van der Waals surface area contributed by atoms with Crippen LogP contribution in [0, 0.1) is 0 Å². The average Bonchev–Trinajstić information content (AvgIpc) is 2.67. The summed E-state index contributed by atoms with van der Waals surface area (Å²) in [5.41, 5.74) is 2.08. The smallest absolute Gasteiger partial charge is 0.251 e. The maximum absolute atomic E-state index is 12.2. The molecule has 3 N–H and O–H groups in total. The summed E-state index contributed by atoms with van der Waals surface area (Å²) >= 11 is 5.16. The molecule has 1 atom stereocenters. The minimum Gasteiger partial charge on any atom is -0.350 e. The zero-order chi connectivity index (χ0) is 19.6. The topological polar surface area (TPSA) is 70.2 Å². The van der Waals surface area contributed by atoms with Crippen LogP contribution in [-0.2, 0) is 4.79 Å². The van der Waals surface area contributed by atoms with Gasteiger partial charge in [-0.2, -0.15) is 0 Å². The highest BCUT2D eigenvalue weighted by Gasteiger charge is 2.09. The number of carbonyl (C=O) groups is 2. The molecule has 0 saturated heterocycles. The van der Waals surface area contributed by atoms with Crippen molar-refractivity contribution in [2.75, 3.05) is 5.32 Å². The SMILES string of the molecule is CCC(C)NC(=O)c1cccc(NC(=S)NC(=O)/C=C/c2ccccc2)c1. The van der Waals surface area contributed by atoms with E-state index in [9.17, 15) is 9.59 Å². The summed E-state index contributed by atoms with van der Waals surface area (Å²) in [6, 6.07) is 16.6. The largest absolute Gasteiger partial charge is 0.350 e. The van der Waals surface area contributed by atoms with Crippen LogP contribution in [0.25, 0.3) is 6.08 Å². The van der Waals surface area contributed by atoms with E-state index in [0.29, 0.717) is 11.3 Å². The molecule has 0 fully saturated rings. The summed E-state index contributed by atoms with van der Waals surface area (Å²) < 4.78 is 0. The van der Waals surface area contributed by atoms with Gasteiger partial charge in [0.15, 0.2) is 5.11 Å². The molecule has 0 aliphatic carbocycles. The Hall–Kier alpha value is -2.99. The molecule has 2 aromatic carbocycles. The number of amides is 2. The molecule has 2 amide bonds. The number of hydrogen-bond acceptors (Lipinski definition) is 3. The van der Waals surface area contributed by atoms with Gasteiger partial charge in [0, 0.05) is 23.4 Å². The Bertz CT molecular complexity index is 834. The first-order valence-electron chi connectivity index (χ1n) is 8.74. The molecule has 5 nitrogen and oxygen atoms in total. The first-order valence-corrected chi connectivity index (χ1v) is 9.14. The molecule has 140 valence electrons. The minimum absolute atomic E-state index is 0.103. The van der Waals surface area contributed by atoms with E-state index in [0.717, 1.165) is 12.0 Å². The molecule has 27 heavy (non-hydrogen) atoms. The first kappa shape index (κ1) is 20.3. The predicted octanol–water partition coefficient (Wildman–Crippen LogP) is 3.74. The van der Waals surface area contributed by atoms with Gasteiger partial charge in [-0.1, -0.05) is 43.3 Å². The standard InChI is InChI=1S/C21H23N3O2S/c1-3-15(2)22-20(26)17-10-7-11-18(14-17)23-21(27)24-19(25)13-12-16-8-5-4-6-9-16/h4-15H,3H2,1-2H3,(H,22,26)(H2,23,24,25,27)/b13-12+. The Morgan fingerprint density at radius 2 is 1.85 bits per heavy atom. The van der Waals surface area contributed by atoms with Gasteiger partial charge in [0.1, 0.15) is 0 Å². The molecule has 0 aliphatic heterocycles. The van der Waals surface area contributed by atoms with Gasteiger partial charge in [0.25, 0.3) is 5.91 Å². The zero-order valence-corrected chi connectivity index (χ0v) is 16.2. The fourth-order valence-corrected chi connectivity index (χ4v) is 2.42. The number of hydrogen-bond donors (Lipinski definition) is 3. The van der Waals surface area contributed by atoms with Crippen LogP contribution in [0.3, 0.4) is 0 Å². The quantitative estimate of drug-likeness (QED) is 0.527. The van der Waals surface area contributed by atoms with Crippen LogP contribution in [0.5, 0.6) is 0 Å². The monoisotopic (exact) mass is 381 g/mol. The van der Waals surface area contributed by atoms with Crippen molar-refractivity contribution in [2.24, 2.45) is 0 Å². The van der Waals surface area contributed by atoms with Crippen molar-refractivity contribution in [3.05, 3.63) is 71.8 Å². The van der Waals surface area contributed by atoms with Gasteiger partial charge in [-0.3, -0.25) is 14.9 Å². The van der Waals surface area contributed by atoms with Gasteiger partial charge in [0.05, 0.1) is 0 Å². The molecule has 2 aromatic rings. The molecule has 0 saturated carbocycles. The summed E-state index contributed by atoms with van der Waals surface area (Å²) in [5, 5.41) is 8.58. The lowest BCUT2D eigenvalue weighted by molar-refractivity contribution is -0.115. The third-order valence-corrected chi connectivity index (χ3v) is 4.04. The van der Waals surface area contributed by atoms with E-state index >= 15 is 0 Å². The summed E-state index contributed by atoms with van der Waals surface area (Å²) in [6.07, 6.45) is 3.98. The lowest BCUT2D eigenvalue weighted by atomic mass is 10.1. The molecule has 0 spiro atoms. The van der Waals surface area contributed by atoms with Crippen LogP contribution < -0.4 is 16.0 Å². The second-order valence-electron chi connectivity index (χ2n) is 6.05. The molecule has 6 heteroatoms. The Labute approximate surface area is 164 Å². The molecule has 0 aliphatic rings. The summed E-state index contributed by atoms with van der Waals surface area (Å²) in [6.45, 7) is 3.96. The van der Waals surface area contributed by atoms with Crippen LogP contribution in [0.1, 0.15) is 36.2 Å². The van der Waals surface area contributed by atoms with Gasteiger partial charge < -0.3 is 10.6 Å². The maximum Gasteiger partial charge on any atom is 0.251 e. The van der Waals surface area contributed by atoms with Crippen molar-refractivity contribution in [1.82, 2.24) is 10.6 Å². The lowest BCUT2D eigenvalue weighted by Crippen LogP contribution is -2.33. The van der Waals surface area contributed by atoms with Crippen LogP contribution in [0.2, 0.25) is 0 Å². The van der Waals surface area contributed by atoms with E-state index in [4.69, 9.17) is 12.2 Å². The highest BCUT2D eigenvalue weighted by Crippen LogP contribution is 2.11.